The summed E-state index contributed by atoms with van der Waals surface area (Å²) >= 11 is 1.30. The molecule has 0 bridgehead atoms. The van der Waals surface area contributed by atoms with Gasteiger partial charge in [0.1, 0.15) is 0 Å². The van der Waals surface area contributed by atoms with Gasteiger partial charge < -0.3 is 5.32 Å². The normalized spacial score (nSPS) is 10.7. The minimum Gasteiger partial charge on any atom is -0.325 e. The lowest BCUT2D eigenvalue weighted by atomic mass is 10.3. The van der Waals surface area contributed by atoms with E-state index in [4.69, 9.17) is 0 Å². The van der Waals surface area contributed by atoms with Crippen molar-refractivity contribution in [1.82, 2.24) is 4.57 Å². The number of fused-ring (bicyclic) bond motifs is 1. The van der Waals surface area contributed by atoms with Crippen LogP contribution >= 0.6 is 11.8 Å². The maximum absolute atomic E-state index is 12.0. The van der Waals surface area contributed by atoms with E-state index in [-0.39, 0.29) is 17.6 Å². The van der Waals surface area contributed by atoms with Crippen molar-refractivity contribution in [2.45, 2.75) is 12.1 Å². The van der Waals surface area contributed by atoms with Crippen LogP contribution in [0, 0.1) is 0 Å². The molecule has 23 heavy (non-hydrogen) atoms. The zero-order valence-electron chi connectivity index (χ0n) is 12.6. The average Bonchev–Trinajstić information content (AvgIpc) is 2.92. The Kier molecular flexibility index (Phi) is 4.43. The monoisotopic (exact) mass is 326 g/mol. The predicted molar refractivity (Wildman–Crippen MR) is 90.6 cm³/mol. The molecule has 0 saturated heterocycles. The number of imidazole rings is 1. The molecule has 0 spiro atoms. The predicted octanol–water partition coefficient (Wildman–Crippen LogP) is 2.85. The molecule has 1 aromatic heterocycles. The summed E-state index contributed by atoms with van der Waals surface area (Å²) in [6.45, 7) is 1.51. The van der Waals surface area contributed by atoms with E-state index in [1.807, 2.05) is 54.6 Å². The number of hydrogen-bond donors (Lipinski definition) is 1. The Hall–Kier alpha value is -2.60. The topological polar surface area (TPSA) is 65.2 Å². The van der Waals surface area contributed by atoms with Crippen LogP contribution in [-0.2, 0) is 4.79 Å². The molecule has 2 N–H and O–H groups in total. The first kappa shape index (κ1) is 15.3. The second-order valence-corrected chi connectivity index (χ2v) is 5.97. The molecule has 3 rings (SSSR count). The molecule has 0 fully saturated rings. The van der Waals surface area contributed by atoms with Crippen molar-refractivity contribution >= 4 is 40.3 Å². The van der Waals surface area contributed by atoms with Crippen molar-refractivity contribution in [3.63, 3.8) is 0 Å². The van der Waals surface area contributed by atoms with Crippen molar-refractivity contribution in [2.24, 2.45) is 0 Å². The fourth-order valence-electron chi connectivity index (χ4n) is 2.32. The van der Waals surface area contributed by atoms with Crippen LogP contribution < -0.4 is 10.3 Å². The first-order valence-corrected chi connectivity index (χ1v) is 8.15. The summed E-state index contributed by atoms with van der Waals surface area (Å²) in [6.07, 6.45) is 0. The van der Waals surface area contributed by atoms with E-state index in [0.717, 1.165) is 16.7 Å². The zero-order chi connectivity index (χ0) is 16.2. The number of rotatable bonds is 4. The molecule has 1 amide bonds. The first-order chi connectivity index (χ1) is 11.1. The molecule has 1 heterocycles. The van der Waals surface area contributed by atoms with Crippen molar-refractivity contribution in [3.8, 4) is 0 Å². The van der Waals surface area contributed by atoms with Crippen molar-refractivity contribution < 1.29 is 14.6 Å². The summed E-state index contributed by atoms with van der Waals surface area (Å²) in [7, 11) is 0. The van der Waals surface area contributed by atoms with E-state index in [2.05, 4.69) is 10.3 Å². The van der Waals surface area contributed by atoms with E-state index in [9.17, 15) is 9.59 Å². The Balaban J connectivity index is 1.75. The number of aromatic amines is 1. The second kappa shape index (κ2) is 6.66. The average molecular weight is 326 g/mol. The highest BCUT2D eigenvalue weighted by atomic mass is 32.2. The number of carbonyl (C=O) groups is 2. The number of amides is 1. The van der Waals surface area contributed by atoms with Crippen LogP contribution in [0.1, 0.15) is 11.7 Å². The number of nitrogens with zero attached hydrogens (tertiary/aromatic N) is 1. The summed E-state index contributed by atoms with van der Waals surface area (Å²) < 4.78 is 1.59. The van der Waals surface area contributed by atoms with E-state index in [1.54, 1.807) is 4.57 Å². The first-order valence-electron chi connectivity index (χ1n) is 7.16. The number of thioether (sulfide) groups is 1. The lowest BCUT2D eigenvalue weighted by molar-refractivity contribution is -0.398. The van der Waals surface area contributed by atoms with Crippen LogP contribution in [-0.4, -0.2) is 22.1 Å². The van der Waals surface area contributed by atoms with Gasteiger partial charge in [0.15, 0.2) is 11.0 Å². The molecule has 5 nitrogen and oxygen atoms in total. The van der Waals surface area contributed by atoms with Crippen molar-refractivity contribution in [1.29, 1.82) is 0 Å². The van der Waals surface area contributed by atoms with Crippen molar-refractivity contribution in [3.05, 3.63) is 54.6 Å². The van der Waals surface area contributed by atoms with Gasteiger partial charge in [-0.25, -0.2) is 9.78 Å². The largest absolute Gasteiger partial charge is 0.325 e. The van der Waals surface area contributed by atoms with Gasteiger partial charge in [0.05, 0.1) is 5.75 Å². The van der Waals surface area contributed by atoms with Crippen LogP contribution in [0.5, 0.6) is 0 Å². The Bertz CT molecular complexity index is 859. The molecule has 0 saturated carbocycles. The Morgan fingerprint density at radius 2 is 1.78 bits per heavy atom. The van der Waals surface area contributed by atoms with E-state index in [1.165, 1.54) is 18.7 Å². The molecule has 6 heteroatoms. The highest BCUT2D eigenvalue weighted by Gasteiger charge is 2.22. The number of carbonyl (C=O) groups excluding carboxylic acids is 2. The van der Waals surface area contributed by atoms with Crippen LogP contribution in [0.15, 0.2) is 59.8 Å². The fraction of sp³-hybridized carbons (Fsp3) is 0.118. The quantitative estimate of drug-likeness (QED) is 0.750. The maximum Gasteiger partial charge on any atom is 0.324 e. The number of benzene rings is 2. The summed E-state index contributed by atoms with van der Waals surface area (Å²) in [5.41, 5.74) is 2.44. The van der Waals surface area contributed by atoms with Gasteiger partial charge in [-0.1, -0.05) is 30.3 Å². The molecule has 0 aliphatic carbocycles. The van der Waals surface area contributed by atoms with Gasteiger partial charge in [-0.2, -0.15) is 4.57 Å². The molecule has 3 aromatic rings. The summed E-state index contributed by atoms with van der Waals surface area (Å²) in [6, 6.07) is 16.9. The molecular weight excluding hydrogens is 310 g/mol. The van der Waals surface area contributed by atoms with E-state index >= 15 is 0 Å². The summed E-state index contributed by atoms with van der Waals surface area (Å²) in [5.74, 6) is 0.0121. The maximum atomic E-state index is 12.0. The SMILES string of the molecule is CC(=O)n1c(SCC(=O)Nc2ccccc2)[nH+]c2ccccc21. The minimum atomic E-state index is -0.116. The number of aromatic nitrogens is 2. The fourth-order valence-corrected chi connectivity index (χ4v) is 3.20. The molecular formula is C17H16N3O2S+. The van der Waals surface area contributed by atoms with Crippen LogP contribution in [0.4, 0.5) is 5.69 Å². The summed E-state index contributed by atoms with van der Waals surface area (Å²) in [4.78, 5) is 27.1. The number of H-pyrrole nitrogens is 1. The lowest BCUT2D eigenvalue weighted by Gasteiger charge is -2.03. The van der Waals surface area contributed by atoms with Gasteiger partial charge in [-0.3, -0.25) is 4.79 Å². The number of nitrogens with one attached hydrogen (secondary N) is 2. The molecule has 0 unspecified atom stereocenters. The molecule has 0 radical (unpaired) electrons. The number of hydrogen-bond acceptors (Lipinski definition) is 3. The van der Waals surface area contributed by atoms with Gasteiger partial charge in [-0.05, 0) is 36.0 Å². The molecule has 0 aliphatic rings. The third-order valence-corrected chi connectivity index (χ3v) is 4.27. The number of para-hydroxylation sites is 3. The highest BCUT2D eigenvalue weighted by Crippen LogP contribution is 2.20. The van der Waals surface area contributed by atoms with Gasteiger partial charge in [0.2, 0.25) is 5.91 Å². The second-order valence-electron chi connectivity index (χ2n) is 5.00. The van der Waals surface area contributed by atoms with Gasteiger partial charge in [-0.15, -0.1) is 0 Å². The number of anilines is 1. The lowest BCUT2D eigenvalue weighted by Crippen LogP contribution is -2.17. The zero-order valence-corrected chi connectivity index (χ0v) is 13.4. The van der Waals surface area contributed by atoms with Crippen molar-refractivity contribution in [2.75, 3.05) is 11.1 Å². The van der Waals surface area contributed by atoms with Crippen LogP contribution in [0.3, 0.4) is 0 Å². The summed E-state index contributed by atoms with van der Waals surface area (Å²) in [5, 5.41) is 3.48. The molecule has 0 aliphatic heterocycles. The van der Waals surface area contributed by atoms with E-state index in [0.29, 0.717) is 5.16 Å². The molecule has 0 atom stereocenters. The highest BCUT2D eigenvalue weighted by molar-refractivity contribution is 7.99. The molecule has 2 aromatic carbocycles. The Morgan fingerprint density at radius 1 is 1.09 bits per heavy atom. The molecule has 116 valence electrons. The Morgan fingerprint density at radius 3 is 2.52 bits per heavy atom. The van der Waals surface area contributed by atoms with Crippen LogP contribution in [0.25, 0.3) is 11.0 Å². The minimum absolute atomic E-state index is 0.0894. The standard InChI is InChI=1S/C17H15N3O2S/c1-12(21)20-15-10-6-5-9-14(15)19-17(20)23-11-16(22)18-13-7-3-2-4-8-13/h2-10H,11H2,1H3,(H,18,22)/p+1. The van der Waals surface area contributed by atoms with Gasteiger partial charge in [0, 0.05) is 12.6 Å². The third-order valence-electron chi connectivity index (χ3n) is 3.30. The van der Waals surface area contributed by atoms with Crippen LogP contribution in [0.2, 0.25) is 0 Å². The van der Waals surface area contributed by atoms with E-state index < -0.39 is 0 Å². The van der Waals surface area contributed by atoms with Gasteiger partial charge >= 0.3 is 11.1 Å². The Labute approximate surface area is 137 Å². The third kappa shape index (κ3) is 3.43. The van der Waals surface area contributed by atoms with Gasteiger partial charge in [0.25, 0.3) is 0 Å². The smallest absolute Gasteiger partial charge is 0.324 e.